The van der Waals surface area contributed by atoms with Gasteiger partial charge in [0, 0.05) is 23.8 Å². The number of fused-ring (bicyclic) bond motifs is 1. The highest BCUT2D eigenvalue weighted by molar-refractivity contribution is 5.85. The summed E-state index contributed by atoms with van der Waals surface area (Å²) >= 11 is 0. The van der Waals surface area contributed by atoms with Crippen LogP contribution < -0.4 is 5.32 Å². The van der Waals surface area contributed by atoms with Gasteiger partial charge >= 0.3 is 0 Å². The highest BCUT2D eigenvalue weighted by atomic mass is 14.9. The van der Waals surface area contributed by atoms with Crippen molar-refractivity contribution in [1.29, 1.82) is 0 Å². The van der Waals surface area contributed by atoms with Crippen molar-refractivity contribution < 1.29 is 0 Å². The van der Waals surface area contributed by atoms with Crippen molar-refractivity contribution in [2.24, 2.45) is 5.41 Å². The molecule has 0 aliphatic carbocycles. The monoisotopic (exact) mass is 228 g/mol. The van der Waals surface area contributed by atoms with Crippen LogP contribution in [0.4, 0.5) is 0 Å². The molecule has 2 aromatic rings. The number of hydrogen-bond donors (Lipinski definition) is 1. The zero-order valence-corrected chi connectivity index (χ0v) is 11.0. The molecule has 1 atom stereocenters. The van der Waals surface area contributed by atoms with Crippen molar-refractivity contribution in [3.8, 4) is 0 Å². The van der Waals surface area contributed by atoms with E-state index in [2.05, 4.69) is 55.3 Å². The van der Waals surface area contributed by atoms with Gasteiger partial charge in [-0.05, 0) is 29.5 Å². The minimum Gasteiger partial charge on any atom is -0.313 e. The molecule has 0 bridgehead atoms. The first-order valence-electron chi connectivity index (χ1n) is 6.04. The van der Waals surface area contributed by atoms with Gasteiger partial charge in [-0.3, -0.25) is 4.98 Å². The van der Waals surface area contributed by atoms with E-state index >= 15 is 0 Å². The van der Waals surface area contributed by atoms with Gasteiger partial charge in [-0.15, -0.1) is 0 Å². The van der Waals surface area contributed by atoms with Crippen molar-refractivity contribution in [3.05, 3.63) is 42.2 Å². The Balaban J connectivity index is 2.62. The van der Waals surface area contributed by atoms with E-state index in [1.54, 1.807) is 0 Å². The Hall–Kier alpha value is -1.41. The lowest BCUT2D eigenvalue weighted by Crippen LogP contribution is -2.29. The molecule has 0 spiro atoms. The average molecular weight is 228 g/mol. The molecular formula is C15H20N2. The highest BCUT2D eigenvalue weighted by Crippen LogP contribution is 2.35. The molecular weight excluding hydrogens is 208 g/mol. The molecule has 1 aromatic carbocycles. The number of benzene rings is 1. The van der Waals surface area contributed by atoms with Crippen LogP contribution in [0.25, 0.3) is 10.8 Å². The second-order valence-electron chi connectivity index (χ2n) is 5.53. The fourth-order valence-electron chi connectivity index (χ4n) is 2.44. The lowest BCUT2D eigenvalue weighted by Gasteiger charge is -2.31. The Labute approximate surface area is 103 Å². The van der Waals surface area contributed by atoms with E-state index in [0.29, 0.717) is 6.04 Å². The topological polar surface area (TPSA) is 24.9 Å². The van der Waals surface area contributed by atoms with E-state index in [4.69, 9.17) is 0 Å². The van der Waals surface area contributed by atoms with Gasteiger partial charge in [0.25, 0.3) is 0 Å². The lowest BCUT2D eigenvalue weighted by atomic mass is 9.81. The third kappa shape index (κ3) is 2.32. The Morgan fingerprint density at radius 2 is 1.94 bits per heavy atom. The molecule has 1 unspecified atom stereocenters. The summed E-state index contributed by atoms with van der Waals surface area (Å²) in [5.74, 6) is 0. The summed E-state index contributed by atoms with van der Waals surface area (Å²) in [7, 11) is 2.02. The van der Waals surface area contributed by atoms with Crippen LogP contribution in [0.3, 0.4) is 0 Å². The van der Waals surface area contributed by atoms with Crippen LogP contribution in [0.2, 0.25) is 0 Å². The molecule has 2 heteroatoms. The van der Waals surface area contributed by atoms with Crippen molar-refractivity contribution in [1.82, 2.24) is 10.3 Å². The fraction of sp³-hybridized carbons (Fsp3) is 0.400. The van der Waals surface area contributed by atoms with Gasteiger partial charge in [-0.25, -0.2) is 0 Å². The largest absolute Gasteiger partial charge is 0.313 e. The molecule has 0 saturated carbocycles. The van der Waals surface area contributed by atoms with Crippen molar-refractivity contribution in [2.75, 3.05) is 7.05 Å². The standard InChI is InChI=1S/C15H20N2/c1-15(2,3)14(16-4)12-7-5-6-11-8-9-17-10-13(11)12/h5-10,14,16H,1-4H3. The van der Waals surface area contributed by atoms with Gasteiger partial charge in [0.15, 0.2) is 0 Å². The van der Waals surface area contributed by atoms with Gasteiger partial charge in [0.2, 0.25) is 0 Å². The SMILES string of the molecule is CNC(c1cccc2ccncc12)C(C)(C)C. The maximum atomic E-state index is 4.24. The third-order valence-electron chi connectivity index (χ3n) is 3.18. The molecule has 1 heterocycles. The molecule has 2 nitrogen and oxygen atoms in total. The highest BCUT2D eigenvalue weighted by Gasteiger charge is 2.25. The van der Waals surface area contributed by atoms with E-state index in [1.165, 1.54) is 16.3 Å². The van der Waals surface area contributed by atoms with Crippen LogP contribution >= 0.6 is 0 Å². The van der Waals surface area contributed by atoms with Crippen LogP contribution in [0.1, 0.15) is 32.4 Å². The molecule has 2 rings (SSSR count). The number of rotatable bonds is 2. The second kappa shape index (κ2) is 4.46. The minimum absolute atomic E-state index is 0.179. The molecule has 0 fully saturated rings. The molecule has 0 saturated heterocycles. The van der Waals surface area contributed by atoms with E-state index in [9.17, 15) is 0 Å². The van der Waals surface area contributed by atoms with E-state index in [-0.39, 0.29) is 5.41 Å². The molecule has 90 valence electrons. The van der Waals surface area contributed by atoms with Crippen LogP contribution in [0.15, 0.2) is 36.7 Å². The van der Waals surface area contributed by atoms with Gasteiger partial charge in [-0.1, -0.05) is 39.0 Å². The molecule has 0 amide bonds. The summed E-state index contributed by atoms with van der Waals surface area (Å²) in [4.78, 5) is 4.24. The zero-order valence-electron chi connectivity index (χ0n) is 11.0. The van der Waals surface area contributed by atoms with E-state index in [0.717, 1.165) is 0 Å². The molecule has 0 aliphatic heterocycles. The van der Waals surface area contributed by atoms with Crippen molar-refractivity contribution in [2.45, 2.75) is 26.8 Å². The fourth-order valence-corrected chi connectivity index (χ4v) is 2.44. The van der Waals surface area contributed by atoms with Crippen LogP contribution in [-0.2, 0) is 0 Å². The van der Waals surface area contributed by atoms with Gasteiger partial charge in [0.1, 0.15) is 0 Å². The zero-order chi connectivity index (χ0) is 12.5. The minimum atomic E-state index is 0.179. The van der Waals surface area contributed by atoms with Crippen LogP contribution in [0, 0.1) is 5.41 Å². The second-order valence-corrected chi connectivity index (χ2v) is 5.53. The Bertz CT molecular complexity index is 506. The Morgan fingerprint density at radius 3 is 2.59 bits per heavy atom. The van der Waals surface area contributed by atoms with Crippen molar-refractivity contribution >= 4 is 10.8 Å². The molecule has 0 aliphatic rings. The summed E-state index contributed by atoms with van der Waals surface area (Å²) < 4.78 is 0. The first-order chi connectivity index (χ1) is 8.04. The smallest absolute Gasteiger partial charge is 0.0373 e. The van der Waals surface area contributed by atoms with E-state index < -0.39 is 0 Å². The number of hydrogen-bond acceptors (Lipinski definition) is 2. The number of pyridine rings is 1. The third-order valence-corrected chi connectivity index (χ3v) is 3.18. The summed E-state index contributed by atoms with van der Waals surface area (Å²) in [6, 6.07) is 8.84. The average Bonchev–Trinajstić information content (AvgIpc) is 2.28. The van der Waals surface area contributed by atoms with Gasteiger partial charge in [0.05, 0.1) is 0 Å². The summed E-state index contributed by atoms with van der Waals surface area (Å²) in [5, 5.41) is 5.91. The predicted molar refractivity (Wildman–Crippen MR) is 73.0 cm³/mol. The number of nitrogens with one attached hydrogen (secondary N) is 1. The lowest BCUT2D eigenvalue weighted by molar-refractivity contribution is 0.288. The molecule has 1 N–H and O–H groups in total. The van der Waals surface area contributed by atoms with Crippen LogP contribution in [-0.4, -0.2) is 12.0 Å². The van der Waals surface area contributed by atoms with Gasteiger partial charge < -0.3 is 5.32 Å². The molecule has 17 heavy (non-hydrogen) atoms. The quantitative estimate of drug-likeness (QED) is 0.850. The summed E-state index contributed by atoms with van der Waals surface area (Å²) in [5.41, 5.74) is 1.50. The number of nitrogens with zero attached hydrogens (tertiary/aromatic N) is 1. The maximum Gasteiger partial charge on any atom is 0.0373 e. The summed E-state index contributed by atoms with van der Waals surface area (Å²) in [6.07, 6.45) is 3.80. The molecule has 1 aromatic heterocycles. The Kier molecular flexibility index (Phi) is 3.16. The van der Waals surface area contributed by atoms with Crippen molar-refractivity contribution in [3.63, 3.8) is 0 Å². The van der Waals surface area contributed by atoms with Crippen LogP contribution in [0.5, 0.6) is 0 Å². The Morgan fingerprint density at radius 1 is 1.18 bits per heavy atom. The number of aromatic nitrogens is 1. The predicted octanol–water partition coefficient (Wildman–Crippen LogP) is 3.54. The van der Waals surface area contributed by atoms with Gasteiger partial charge in [-0.2, -0.15) is 0 Å². The first-order valence-corrected chi connectivity index (χ1v) is 6.04. The summed E-state index contributed by atoms with van der Waals surface area (Å²) in [6.45, 7) is 6.76. The maximum absolute atomic E-state index is 4.24. The normalized spacial score (nSPS) is 13.9. The molecule has 0 radical (unpaired) electrons. The first kappa shape index (κ1) is 12.1. The van der Waals surface area contributed by atoms with E-state index in [1.807, 2.05) is 19.4 Å².